The Hall–Kier alpha value is -2.74. The smallest absolute Gasteiger partial charge is 0.283 e. The number of hydrogen-bond acceptors (Lipinski definition) is 7. The van der Waals surface area contributed by atoms with Gasteiger partial charge < -0.3 is 10.5 Å². The maximum atomic E-state index is 12.2. The maximum absolute atomic E-state index is 12.2. The van der Waals surface area contributed by atoms with E-state index >= 15 is 0 Å². The van der Waals surface area contributed by atoms with E-state index in [1.54, 1.807) is 18.2 Å². The number of anilines is 1. The Morgan fingerprint density at radius 1 is 1.39 bits per heavy atom. The first-order valence-corrected chi connectivity index (χ1v) is 7.73. The number of methoxy groups -OCH3 is 1. The number of aromatic nitrogens is 3. The van der Waals surface area contributed by atoms with Crippen LogP contribution in [-0.4, -0.2) is 27.5 Å². The molecular formula is C15H14N4O3S. The van der Waals surface area contributed by atoms with Crippen LogP contribution in [0.4, 0.5) is 5.82 Å². The van der Waals surface area contributed by atoms with E-state index in [1.165, 1.54) is 29.0 Å². The van der Waals surface area contributed by atoms with Gasteiger partial charge in [-0.2, -0.15) is 14.6 Å². The summed E-state index contributed by atoms with van der Waals surface area (Å²) in [6.45, 7) is 1.97. The molecule has 0 saturated heterocycles. The second kappa shape index (κ2) is 5.81. The Bertz CT molecular complexity index is 950. The fourth-order valence-electron chi connectivity index (χ4n) is 2.14. The van der Waals surface area contributed by atoms with Crippen molar-refractivity contribution in [3.8, 4) is 0 Å². The molecule has 3 rings (SSSR count). The SMILES string of the molecule is CCc1nn2c(N)c(/C=C3/C=CC(=O)C(OC)=C3)c(=O)nc2s1. The zero-order valence-corrected chi connectivity index (χ0v) is 13.4. The average molecular weight is 330 g/mol. The summed E-state index contributed by atoms with van der Waals surface area (Å²) < 4.78 is 6.47. The Balaban J connectivity index is 2.15. The predicted octanol–water partition coefficient (Wildman–Crippen LogP) is 1.35. The number of nitrogens with zero attached hydrogens (tertiary/aromatic N) is 3. The van der Waals surface area contributed by atoms with Crippen molar-refractivity contribution in [1.29, 1.82) is 0 Å². The summed E-state index contributed by atoms with van der Waals surface area (Å²) in [5.74, 6) is 0.199. The second-order valence-electron chi connectivity index (χ2n) is 4.81. The molecule has 0 atom stereocenters. The number of rotatable bonds is 3. The molecule has 0 spiro atoms. The Kier molecular flexibility index (Phi) is 3.83. The van der Waals surface area contributed by atoms with Gasteiger partial charge in [-0.1, -0.05) is 24.3 Å². The van der Waals surface area contributed by atoms with Crippen molar-refractivity contribution in [1.82, 2.24) is 14.6 Å². The quantitative estimate of drug-likeness (QED) is 0.912. The lowest BCUT2D eigenvalue weighted by atomic mass is 10.0. The minimum atomic E-state index is -0.432. The summed E-state index contributed by atoms with van der Waals surface area (Å²) in [5, 5.41) is 5.18. The Morgan fingerprint density at radius 2 is 2.17 bits per heavy atom. The molecule has 7 nitrogen and oxygen atoms in total. The largest absolute Gasteiger partial charge is 0.493 e. The van der Waals surface area contributed by atoms with Gasteiger partial charge in [0.2, 0.25) is 10.7 Å². The highest BCUT2D eigenvalue weighted by Crippen LogP contribution is 2.21. The van der Waals surface area contributed by atoms with Gasteiger partial charge in [0, 0.05) is 0 Å². The van der Waals surface area contributed by atoms with Crippen LogP contribution in [0.1, 0.15) is 17.5 Å². The lowest BCUT2D eigenvalue weighted by Crippen LogP contribution is -2.17. The number of ketones is 1. The first kappa shape index (κ1) is 15.2. The molecule has 0 fully saturated rings. The highest BCUT2D eigenvalue weighted by atomic mass is 32.1. The number of nitrogens with two attached hydrogens (primary N) is 1. The van der Waals surface area contributed by atoms with E-state index in [2.05, 4.69) is 10.1 Å². The maximum Gasteiger partial charge on any atom is 0.283 e. The minimum absolute atomic E-state index is 0.202. The van der Waals surface area contributed by atoms with Crippen LogP contribution in [0.25, 0.3) is 11.0 Å². The lowest BCUT2D eigenvalue weighted by Gasteiger charge is -2.08. The molecule has 23 heavy (non-hydrogen) atoms. The van der Waals surface area contributed by atoms with Gasteiger partial charge in [0.15, 0.2) is 5.76 Å². The second-order valence-corrected chi connectivity index (χ2v) is 5.85. The van der Waals surface area contributed by atoms with Crippen LogP contribution in [-0.2, 0) is 16.0 Å². The van der Waals surface area contributed by atoms with E-state index in [0.717, 1.165) is 11.4 Å². The number of allylic oxidation sites excluding steroid dienone is 4. The summed E-state index contributed by atoms with van der Waals surface area (Å²) in [7, 11) is 1.42. The van der Waals surface area contributed by atoms with Gasteiger partial charge in [-0.15, -0.1) is 0 Å². The van der Waals surface area contributed by atoms with E-state index in [1.807, 2.05) is 6.92 Å². The molecule has 0 unspecified atom stereocenters. The molecule has 0 saturated carbocycles. The van der Waals surface area contributed by atoms with Crippen molar-refractivity contribution in [3.05, 3.63) is 50.5 Å². The van der Waals surface area contributed by atoms with Crippen molar-refractivity contribution in [2.45, 2.75) is 13.3 Å². The Labute approximate surface area is 135 Å². The van der Waals surface area contributed by atoms with Crippen molar-refractivity contribution < 1.29 is 9.53 Å². The van der Waals surface area contributed by atoms with Gasteiger partial charge in [0.05, 0.1) is 12.7 Å². The standard InChI is InChI=1S/C15H14N4O3S/c1-3-12-18-19-13(16)9(14(21)17-15(19)23-12)6-8-4-5-10(20)11(7-8)22-2/h4-7H,3,16H2,1-2H3/b8-6-. The average Bonchev–Trinajstić information content (AvgIpc) is 2.96. The van der Waals surface area contributed by atoms with Crippen molar-refractivity contribution in [3.63, 3.8) is 0 Å². The van der Waals surface area contributed by atoms with Crippen LogP contribution >= 0.6 is 11.3 Å². The molecule has 2 aromatic heterocycles. The number of carbonyl (C=O) groups excluding carboxylic acids is 1. The molecule has 8 heteroatoms. The predicted molar refractivity (Wildman–Crippen MR) is 88.1 cm³/mol. The molecule has 2 heterocycles. The summed E-state index contributed by atoms with van der Waals surface area (Å²) in [4.78, 5) is 28.3. The van der Waals surface area contributed by atoms with Crippen LogP contribution in [0.2, 0.25) is 0 Å². The van der Waals surface area contributed by atoms with E-state index in [-0.39, 0.29) is 22.9 Å². The van der Waals surface area contributed by atoms with E-state index in [9.17, 15) is 9.59 Å². The van der Waals surface area contributed by atoms with Gasteiger partial charge in [0.25, 0.3) is 5.56 Å². The fraction of sp³-hybridized carbons (Fsp3) is 0.200. The molecule has 1 aliphatic carbocycles. The van der Waals surface area contributed by atoms with Crippen molar-refractivity contribution in [2.75, 3.05) is 12.8 Å². The summed E-state index contributed by atoms with van der Waals surface area (Å²) >= 11 is 1.33. The number of hydrogen-bond donors (Lipinski definition) is 1. The number of nitrogen functional groups attached to an aromatic ring is 1. The minimum Gasteiger partial charge on any atom is -0.493 e. The summed E-state index contributed by atoms with van der Waals surface area (Å²) in [6, 6.07) is 0. The highest BCUT2D eigenvalue weighted by molar-refractivity contribution is 7.16. The topological polar surface area (TPSA) is 99.6 Å². The highest BCUT2D eigenvalue weighted by Gasteiger charge is 2.15. The van der Waals surface area contributed by atoms with Crippen molar-refractivity contribution in [2.24, 2.45) is 0 Å². The third-order valence-electron chi connectivity index (χ3n) is 3.33. The third-order valence-corrected chi connectivity index (χ3v) is 4.39. The van der Waals surface area contributed by atoms with E-state index < -0.39 is 5.56 Å². The normalized spacial score (nSPS) is 16.2. The van der Waals surface area contributed by atoms with Gasteiger partial charge in [-0.3, -0.25) is 9.59 Å². The monoisotopic (exact) mass is 330 g/mol. The molecule has 0 bridgehead atoms. The molecular weight excluding hydrogens is 316 g/mol. The van der Waals surface area contributed by atoms with Crippen LogP contribution in [0.15, 0.2) is 34.4 Å². The zero-order chi connectivity index (χ0) is 16.6. The van der Waals surface area contributed by atoms with Gasteiger partial charge in [-0.25, -0.2) is 0 Å². The van der Waals surface area contributed by atoms with Crippen molar-refractivity contribution >= 4 is 34.0 Å². The lowest BCUT2D eigenvalue weighted by molar-refractivity contribution is -0.114. The summed E-state index contributed by atoms with van der Waals surface area (Å²) in [5.41, 5.74) is 6.50. The zero-order valence-electron chi connectivity index (χ0n) is 12.6. The van der Waals surface area contributed by atoms with Crippen LogP contribution < -0.4 is 11.3 Å². The number of ether oxygens (including phenoxy) is 1. The van der Waals surface area contributed by atoms with Crippen LogP contribution in [0, 0.1) is 0 Å². The molecule has 0 aliphatic heterocycles. The molecule has 2 aromatic rings. The number of fused-ring (bicyclic) bond motifs is 1. The molecule has 0 aromatic carbocycles. The Morgan fingerprint density at radius 3 is 2.87 bits per heavy atom. The fourth-order valence-corrected chi connectivity index (χ4v) is 2.97. The first-order valence-electron chi connectivity index (χ1n) is 6.91. The van der Waals surface area contributed by atoms with Gasteiger partial charge >= 0.3 is 0 Å². The molecule has 0 amide bonds. The van der Waals surface area contributed by atoms with E-state index in [4.69, 9.17) is 10.5 Å². The molecule has 2 N–H and O–H groups in total. The summed E-state index contributed by atoms with van der Waals surface area (Å²) in [6.07, 6.45) is 6.83. The van der Waals surface area contributed by atoms with Crippen LogP contribution in [0.3, 0.4) is 0 Å². The molecule has 0 radical (unpaired) electrons. The van der Waals surface area contributed by atoms with Gasteiger partial charge in [-0.05, 0) is 30.2 Å². The number of carbonyl (C=O) groups is 1. The first-order chi connectivity index (χ1) is 11.0. The molecule has 118 valence electrons. The van der Waals surface area contributed by atoms with E-state index in [0.29, 0.717) is 10.5 Å². The molecule has 1 aliphatic rings. The van der Waals surface area contributed by atoms with Gasteiger partial charge in [0.1, 0.15) is 10.8 Å². The third kappa shape index (κ3) is 2.68. The van der Waals surface area contributed by atoms with Crippen LogP contribution in [0.5, 0.6) is 0 Å². The number of aryl methyl sites for hydroxylation is 1.